The zero-order chi connectivity index (χ0) is 19.5. The molecule has 9 heteroatoms. The van der Waals surface area contributed by atoms with Gasteiger partial charge in [0, 0.05) is 50.8 Å². The van der Waals surface area contributed by atoms with Gasteiger partial charge < -0.3 is 14.3 Å². The van der Waals surface area contributed by atoms with Crippen molar-refractivity contribution in [1.82, 2.24) is 29.7 Å². The summed E-state index contributed by atoms with van der Waals surface area (Å²) in [5.74, 6) is 1.58. The monoisotopic (exact) mass is 384 g/mol. The van der Waals surface area contributed by atoms with Crippen LogP contribution in [0.1, 0.15) is 42.0 Å². The van der Waals surface area contributed by atoms with Gasteiger partial charge in [-0.25, -0.2) is 0 Å². The van der Waals surface area contributed by atoms with Crippen molar-refractivity contribution in [2.24, 2.45) is 11.8 Å². The van der Waals surface area contributed by atoms with E-state index in [1.807, 2.05) is 16.7 Å². The van der Waals surface area contributed by atoms with Gasteiger partial charge in [-0.05, 0) is 32.8 Å². The normalized spacial score (nSPS) is 26.7. The van der Waals surface area contributed by atoms with Gasteiger partial charge in [0.05, 0.1) is 5.41 Å². The number of hydrogen-bond acceptors (Lipinski definition) is 6. The highest BCUT2D eigenvalue weighted by atomic mass is 16.5. The Morgan fingerprint density at radius 3 is 2.68 bits per heavy atom. The second-order valence-corrected chi connectivity index (χ2v) is 8.21. The summed E-state index contributed by atoms with van der Waals surface area (Å²) in [6.07, 6.45) is 3.62. The van der Waals surface area contributed by atoms with Gasteiger partial charge in [0.1, 0.15) is 5.69 Å². The molecule has 0 N–H and O–H groups in total. The highest BCUT2D eigenvalue weighted by Gasteiger charge is 2.59. The van der Waals surface area contributed by atoms with Crippen LogP contribution in [0.15, 0.2) is 16.8 Å². The lowest BCUT2D eigenvalue weighted by Crippen LogP contribution is -2.42. The van der Waals surface area contributed by atoms with Gasteiger partial charge in [-0.2, -0.15) is 10.1 Å². The summed E-state index contributed by atoms with van der Waals surface area (Å²) >= 11 is 0. The number of nitrogens with zero attached hydrogens (tertiary/aromatic N) is 6. The van der Waals surface area contributed by atoms with Crippen LogP contribution in [-0.4, -0.2) is 67.7 Å². The summed E-state index contributed by atoms with van der Waals surface area (Å²) in [7, 11) is 0. The molecule has 2 aromatic rings. The molecule has 2 aliphatic heterocycles. The fraction of sp³-hybridized carbons (Fsp3) is 0.632. The zero-order valence-electron chi connectivity index (χ0n) is 16.2. The summed E-state index contributed by atoms with van der Waals surface area (Å²) in [5.41, 5.74) is 0.101. The maximum absolute atomic E-state index is 13.1. The molecule has 0 aromatic carbocycles. The van der Waals surface area contributed by atoms with E-state index in [2.05, 4.69) is 15.2 Å². The molecule has 0 radical (unpaired) electrons. The number of hydrogen-bond donors (Lipinski definition) is 0. The van der Waals surface area contributed by atoms with E-state index < -0.39 is 5.41 Å². The number of rotatable bonds is 4. The van der Waals surface area contributed by atoms with Crippen molar-refractivity contribution in [1.29, 1.82) is 0 Å². The highest BCUT2D eigenvalue weighted by molar-refractivity contribution is 5.93. The van der Waals surface area contributed by atoms with Crippen molar-refractivity contribution >= 4 is 11.8 Å². The topological polar surface area (TPSA) is 97.4 Å². The molecule has 0 spiro atoms. The maximum Gasteiger partial charge on any atom is 0.272 e. The minimum Gasteiger partial charge on any atom is -0.341 e. The van der Waals surface area contributed by atoms with Gasteiger partial charge in [-0.15, -0.1) is 0 Å². The van der Waals surface area contributed by atoms with Crippen LogP contribution in [-0.2, 0) is 16.8 Å². The number of amides is 2. The number of likely N-dealkylation sites (tertiary alicyclic amines) is 2. The van der Waals surface area contributed by atoms with Gasteiger partial charge >= 0.3 is 0 Å². The third kappa shape index (κ3) is 2.56. The molecule has 1 saturated carbocycles. The summed E-state index contributed by atoms with van der Waals surface area (Å²) in [6.45, 7) is 6.61. The molecule has 2 aromatic heterocycles. The first-order valence-electron chi connectivity index (χ1n) is 9.92. The van der Waals surface area contributed by atoms with Crippen LogP contribution in [0.5, 0.6) is 0 Å². The summed E-state index contributed by atoms with van der Waals surface area (Å²) in [4.78, 5) is 34.1. The van der Waals surface area contributed by atoms with Gasteiger partial charge in [-0.1, -0.05) is 5.16 Å². The van der Waals surface area contributed by atoms with E-state index in [9.17, 15) is 9.59 Å². The molecule has 2 amide bonds. The van der Waals surface area contributed by atoms with Crippen molar-refractivity contribution in [2.75, 3.05) is 26.2 Å². The van der Waals surface area contributed by atoms with Gasteiger partial charge in [0.15, 0.2) is 5.82 Å². The second-order valence-electron chi connectivity index (χ2n) is 8.21. The quantitative estimate of drug-likeness (QED) is 0.775. The molecule has 1 aliphatic carbocycles. The average Bonchev–Trinajstić information content (AvgIpc) is 3.02. The highest BCUT2D eigenvalue weighted by Crippen LogP contribution is 2.46. The molecular formula is C19H24N6O3. The number of aromatic nitrogens is 4. The van der Waals surface area contributed by atoms with E-state index in [0.717, 1.165) is 12.8 Å². The van der Waals surface area contributed by atoms with Crippen LogP contribution in [0.25, 0.3) is 0 Å². The first-order valence-corrected chi connectivity index (χ1v) is 9.92. The molecule has 4 heterocycles. The van der Waals surface area contributed by atoms with Crippen LogP contribution in [0, 0.1) is 18.8 Å². The van der Waals surface area contributed by atoms with E-state index in [4.69, 9.17) is 4.52 Å². The molecule has 0 bridgehead atoms. The summed E-state index contributed by atoms with van der Waals surface area (Å²) in [6, 6.07) is 1.76. The lowest BCUT2D eigenvalue weighted by molar-refractivity contribution is -0.131. The predicted molar refractivity (Wildman–Crippen MR) is 97.3 cm³/mol. The Kier molecular flexibility index (Phi) is 3.82. The number of carbonyl (C=O) groups is 2. The third-order valence-electron chi connectivity index (χ3n) is 6.32. The smallest absolute Gasteiger partial charge is 0.272 e. The summed E-state index contributed by atoms with van der Waals surface area (Å²) in [5, 5.41) is 8.19. The number of fused-ring (bicyclic) bond motifs is 1. The first kappa shape index (κ1) is 17.4. The summed E-state index contributed by atoms with van der Waals surface area (Å²) < 4.78 is 7.28. The van der Waals surface area contributed by atoms with Gasteiger partial charge in [0.2, 0.25) is 11.8 Å². The standard InChI is InChI=1S/C19H24N6O3/c1-3-25-15(6-7-20-25)17(27)24-9-14-8-23(16(26)13-4-5-13)10-19(14,11-24)18-21-12(2)22-28-18/h6-7,13-14H,3-5,8-11H2,1-2H3. The number of carbonyl (C=O) groups excluding carboxylic acids is 2. The van der Waals surface area contributed by atoms with Crippen molar-refractivity contribution in [3.8, 4) is 0 Å². The third-order valence-corrected chi connectivity index (χ3v) is 6.32. The Bertz CT molecular complexity index is 932. The van der Waals surface area contributed by atoms with Gasteiger partial charge in [-0.3, -0.25) is 14.3 Å². The SMILES string of the molecule is CCn1nccc1C(=O)N1CC2CN(C(=O)C3CC3)CC2(c2nc(C)no2)C1. The van der Waals surface area contributed by atoms with Crippen molar-refractivity contribution in [3.63, 3.8) is 0 Å². The van der Waals surface area contributed by atoms with E-state index in [0.29, 0.717) is 50.1 Å². The zero-order valence-corrected chi connectivity index (χ0v) is 16.2. The van der Waals surface area contributed by atoms with E-state index in [1.54, 1.807) is 23.9 Å². The van der Waals surface area contributed by atoms with E-state index in [-0.39, 0.29) is 23.7 Å². The van der Waals surface area contributed by atoms with Crippen molar-refractivity contribution in [3.05, 3.63) is 29.7 Å². The minimum absolute atomic E-state index is 0.0376. The average molecular weight is 384 g/mol. The number of aryl methyl sites for hydroxylation is 2. The second kappa shape index (κ2) is 6.15. The molecule has 9 nitrogen and oxygen atoms in total. The first-order chi connectivity index (χ1) is 13.5. The molecule has 2 atom stereocenters. The lowest BCUT2D eigenvalue weighted by atomic mass is 9.81. The van der Waals surface area contributed by atoms with Crippen LogP contribution in [0.2, 0.25) is 0 Å². The fourth-order valence-electron chi connectivity index (χ4n) is 4.71. The Morgan fingerprint density at radius 2 is 2.00 bits per heavy atom. The Hall–Kier alpha value is -2.71. The maximum atomic E-state index is 13.1. The van der Waals surface area contributed by atoms with Crippen LogP contribution in [0.3, 0.4) is 0 Å². The minimum atomic E-state index is -0.488. The van der Waals surface area contributed by atoms with Crippen LogP contribution in [0.4, 0.5) is 0 Å². The molecule has 28 heavy (non-hydrogen) atoms. The van der Waals surface area contributed by atoms with E-state index in [1.165, 1.54) is 0 Å². The molecule has 2 unspecified atom stereocenters. The molecular weight excluding hydrogens is 360 g/mol. The van der Waals surface area contributed by atoms with Crippen LogP contribution < -0.4 is 0 Å². The Labute approximate surface area is 162 Å². The molecule has 3 fully saturated rings. The lowest BCUT2D eigenvalue weighted by Gasteiger charge is -2.26. The molecule has 3 aliphatic rings. The van der Waals surface area contributed by atoms with E-state index >= 15 is 0 Å². The fourth-order valence-corrected chi connectivity index (χ4v) is 4.71. The predicted octanol–water partition coefficient (Wildman–Crippen LogP) is 0.857. The van der Waals surface area contributed by atoms with Crippen molar-refractivity contribution < 1.29 is 14.1 Å². The van der Waals surface area contributed by atoms with Gasteiger partial charge in [0.25, 0.3) is 5.91 Å². The molecule has 2 saturated heterocycles. The molecule has 148 valence electrons. The molecule has 5 rings (SSSR count). The largest absolute Gasteiger partial charge is 0.341 e. The Balaban J connectivity index is 1.45. The van der Waals surface area contributed by atoms with Crippen LogP contribution >= 0.6 is 0 Å². The van der Waals surface area contributed by atoms with Crippen molar-refractivity contribution in [2.45, 2.75) is 38.6 Å². The Morgan fingerprint density at radius 1 is 1.25 bits per heavy atom.